The molecule has 0 bridgehead atoms. The first-order valence-corrected chi connectivity index (χ1v) is 11.3. The van der Waals surface area contributed by atoms with Gasteiger partial charge in [0, 0.05) is 44.3 Å². The molecule has 0 radical (unpaired) electrons. The van der Waals surface area contributed by atoms with E-state index in [9.17, 15) is 4.79 Å². The third-order valence-electron chi connectivity index (χ3n) is 6.52. The van der Waals surface area contributed by atoms with Gasteiger partial charge in [-0.05, 0) is 43.5 Å². The molecule has 1 saturated carbocycles. The van der Waals surface area contributed by atoms with Gasteiger partial charge in [0.1, 0.15) is 0 Å². The van der Waals surface area contributed by atoms with E-state index in [1.165, 1.54) is 0 Å². The van der Waals surface area contributed by atoms with Gasteiger partial charge in [0.25, 0.3) is 0 Å². The largest absolute Gasteiger partial charge is 0.396 e. The van der Waals surface area contributed by atoms with Crippen molar-refractivity contribution in [3.05, 3.63) is 36.3 Å². The van der Waals surface area contributed by atoms with Crippen molar-refractivity contribution >= 4 is 28.4 Å². The predicted molar refractivity (Wildman–Crippen MR) is 126 cm³/mol. The second-order valence-electron chi connectivity index (χ2n) is 8.87. The molecule has 3 N–H and O–H groups in total. The molecule has 2 aromatic heterocycles. The Bertz CT molecular complexity index is 1140. The Morgan fingerprint density at radius 1 is 1.28 bits per heavy atom. The number of methoxy groups -OCH3 is 1. The van der Waals surface area contributed by atoms with E-state index >= 15 is 0 Å². The molecule has 3 aromatic rings. The predicted octanol–water partition coefficient (Wildman–Crippen LogP) is 3.16. The van der Waals surface area contributed by atoms with Crippen LogP contribution in [-0.4, -0.2) is 65.2 Å². The lowest BCUT2D eigenvalue weighted by Gasteiger charge is -2.41. The number of ether oxygens (including phenoxy) is 1. The fourth-order valence-corrected chi connectivity index (χ4v) is 4.64. The van der Waals surface area contributed by atoms with Gasteiger partial charge in [-0.2, -0.15) is 0 Å². The minimum atomic E-state index is 0.0976. The number of carbonyl (C=O) groups is 1. The molecule has 8 heteroatoms. The smallest absolute Gasteiger partial charge is 0.225 e. The Morgan fingerprint density at radius 3 is 2.88 bits per heavy atom. The number of hydrogen-bond donors (Lipinski definition) is 2. The van der Waals surface area contributed by atoms with Crippen molar-refractivity contribution in [3.63, 3.8) is 0 Å². The molecule has 1 amide bonds. The highest BCUT2D eigenvalue weighted by atomic mass is 16.5. The van der Waals surface area contributed by atoms with Crippen LogP contribution in [0.3, 0.4) is 0 Å². The maximum atomic E-state index is 12.5. The number of benzene rings is 1. The summed E-state index contributed by atoms with van der Waals surface area (Å²) in [5.41, 5.74) is 12.5. The van der Waals surface area contributed by atoms with E-state index < -0.39 is 0 Å². The molecule has 0 spiro atoms. The summed E-state index contributed by atoms with van der Waals surface area (Å²) < 4.78 is 5.06. The Kier molecular flexibility index (Phi) is 5.46. The molecule has 1 aromatic carbocycles. The number of anilines is 2. The number of nitrogen functional groups attached to an aromatic ring is 1. The zero-order chi connectivity index (χ0) is 22.2. The Balaban J connectivity index is 1.42. The van der Waals surface area contributed by atoms with Gasteiger partial charge in [-0.1, -0.05) is 6.07 Å². The zero-order valence-electron chi connectivity index (χ0n) is 18.7. The molecule has 32 heavy (non-hydrogen) atoms. The highest BCUT2D eigenvalue weighted by Crippen LogP contribution is 2.45. The number of aromatic amines is 1. The van der Waals surface area contributed by atoms with Crippen molar-refractivity contribution in [2.24, 2.45) is 0 Å². The topological polar surface area (TPSA) is 100 Å². The van der Waals surface area contributed by atoms with Crippen molar-refractivity contribution in [1.29, 1.82) is 0 Å². The number of aromatic nitrogens is 3. The van der Waals surface area contributed by atoms with Crippen LogP contribution in [0.15, 0.2) is 30.6 Å². The molecule has 1 saturated heterocycles. The molecule has 1 atom stereocenters. The van der Waals surface area contributed by atoms with Gasteiger partial charge in [0.05, 0.1) is 41.8 Å². The number of fused-ring (bicyclic) bond motifs is 1. The molecule has 1 aliphatic heterocycles. The number of hydrogen-bond acceptors (Lipinski definition) is 6. The highest BCUT2D eigenvalue weighted by molar-refractivity contribution is 5.84. The summed E-state index contributed by atoms with van der Waals surface area (Å²) in [7, 11) is 1.62. The third-order valence-corrected chi connectivity index (χ3v) is 6.52. The molecule has 3 heterocycles. The fraction of sp³-hybridized carbons (Fsp3) is 0.458. The highest BCUT2D eigenvalue weighted by Gasteiger charge is 2.32. The minimum Gasteiger partial charge on any atom is -0.396 e. The summed E-state index contributed by atoms with van der Waals surface area (Å²) in [4.78, 5) is 29.3. The summed E-state index contributed by atoms with van der Waals surface area (Å²) in [6, 6.07) is 8.43. The Hall–Kier alpha value is -3.13. The van der Waals surface area contributed by atoms with Crippen LogP contribution in [-0.2, 0) is 9.53 Å². The normalized spacial score (nSPS) is 19.0. The number of nitrogens with one attached hydrogen (secondary N) is 1. The molecular weight excluding hydrogens is 404 g/mol. The second kappa shape index (κ2) is 8.43. The number of rotatable bonds is 6. The fourth-order valence-electron chi connectivity index (χ4n) is 4.64. The lowest BCUT2D eigenvalue weighted by Crippen LogP contribution is -2.54. The monoisotopic (exact) mass is 434 g/mol. The zero-order valence-corrected chi connectivity index (χ0v) is 18.7. The molecule has 2 fully saturated rings. The van der Waals surface area contributed by atoms with Crippen LogP contribution in [0.25, 0.3) is 22.2 Å². The number of imidazole rings is 1. The Morgan fingerprint density at radius 2 is 2.12 bits per heavy atom. The molecule has 2 aliphatic rings. The first kappa shape index (κ1) is 20.8. The number of piperazine rings is 1. The quantitative estimate of drug-likeness (QED) is 0.618. The number of H-pyrrole nitrogens is 1. The molecule has 8 nitrogen and oxygen atoms in total. The van der Waals surface area contributed by atoms with E-state index in [4.69, 9.17) is 15.5 Å². The minimum absolute atomic E-state index is 0.0976. The third kappa shape index (κ3) is 3.90. The van der Waals surface area contributed by atoms with Crippen LogP contribution in [0.2, 0.25) is 0 Å². The van der Waals surface area contributed by atoms with Gasteiger partial charge in [-0.25, -0.2) is 9.97 Å². The van der Waals surface area contributed by atoms with E-state index in [2.05, 4.69) is 46.1 Å². The van der Waals surface area contributed by atoms with Crippen LogP contribution in [0, 0.1) is 0 Å². The van der Waals surface area contributed by atoms with Crippen LogP contribution in [0.4, 0.5) is 11.5 Å². The lowest BCUT2D eigenvalue weighted by molar-refractivity contribution is -0.134. The van der Waals surface area contributed by atoms with Crippen LogP contribution < -0.4 is 10.6 Å². The van der Waals surface area contributed by atoms with E-state index in [0.29, 0.717) is 31.2 Å². The molecule has 0 unspecified atom stereocenters. The van der Waals surface area contributed by atoms with Gasteiger partial charge in [0.15, 0.2) is 5.82 Å². The van der Waals surface area contributed by atoms with E-state index in [-0.39, 0.29) is 11.9 Å². The SMILES string of the molecule is COCCC(=O)N1CCN(c2nc(C3CC3)c(-c3ccc4[nH]cnc4c3)cc2N)C[C@H]1C. The average Bonchev–Trinajstić information content (AvgIpc) is 3.53. The number of carbonyl (C=O) groups excluding carboxylic acids is 1. The number of pyridine rings is 1. The van der Waals surface area contributed by atoms with Crippen molar-refractivity contribution < 1.29 is 9.53 Å². The van der Waals surface area contributed by atoms with Gasteiger partial charge >= 0.3 is 0 Å². The Labute approximate surface area is 187 Å². The van der Waals surface area contributed by atoms with Crippen molar-refractivity contribution in [3.8, 4) is 11.1 Å². The molecule has 1 aliphatic carbocycles. The van der Waals surface area contributed by atoms with Crippen LogP contribution in [0.1, 0.15) is 37.8 Å². The maximum absolute atomic E-state index is 12.5. The lowest BCUT2D eigenvalue weighted by atomic mass is 10.00. The van der Waals surface area contributed by atoms with Gasteiger partial charge in [0.2, 0.25) is 5.91 Å². The number of nitrogens with two attached hydrogens (primary N) is 1. The summed E-state index contributed by atoms with van der Waals surface area (Å²) in [6.45, 7) is 4.65. The van der Waals surface area contributed by atoms with E-state index in [0.717, 1.165) is 59.6 Å². The molecule has 5 rings (SSSR count). The number of amides is 1. The van der Waals surface area contributed by atoms with Crippen LogP contribution in [0.5, 0.6) is 0 Å². The van der Waals surface area contributed by atoms with Gasteiger partial charge < -0.3 is 25.3 Å². The summed E-state index contributed by atoms with van der Waals surface area (Å²) in [6.07, 6.45) is 4.45. The van der Waals surface area contributed by atoms with Crippen LogP contribution >= 0.6 is 0 Å². The van der Waals surface area contributed by atoms with E-state index in [1.54, 1.807) is 13.4 Å². The summed E-state index contributed by atoms with van der Waals surface area (Å²) in [5, 5.41) is 0. The average molecular weight is 435 g/mol. The first-order valence-electron chi connectivity index (χ1n) is 11.3. The summed E-state index contributed by atoms with van der Waals surface area (Å²) in [5.74, 6) is 1.46. The second-order valence-corrected chi connectivity index (χ2v) is 8.87. The van der Waals surface area contributed by atoms with Crippen molar-refractivity contribution in [1.82, 2.24) is 19.9 Å². The van der Waals surface area contributed by atoms with Gasteiger partial charge in [-0.3, -0.25) is 4.79 Å². The van der Waals surface area contributed by atoms with E-state index in [1.807, 2.05) is 4.90 Å². The number of nitrogens with zero attached hydrogens (tertiary/aromatic N) is 4. The molecule has 168 valence electrons. The van der Waals surface area contributed by atoms with Crippen molar-refractivity contribution in [2.45, 2.75) is 38.1 Å². The maximum Gasteiger partial charge on any atom is 0.225 e. The first-order chi connectivity index (χ1) is 15.5. The standard InChI is InChI=1S/C24H30N6O2/c1-15-13-29(8-9-30(15)22(31)7-10-32-2)24-19(25)12-18(23(28-24)16-3-4-16)17-5-6-20-21(11-17)27-14-26-20/h5-6,11-12,14-16H,3-4,7-10,13,25H2,1-2H3,(H,26,27)/t15-/m1/s1. The van der Waals surface area contributed by atoms with Gasteiger partial charge in [-0.15, -0.1) is 0 Å². The molecular formula is C24H30N6O2. The van der Waals surface area contributed by atoms with Crippen molar-refractivity contribution in [2.75, 3.05) is 44.0 Å². The summed E-state index contributed by atoms with van der Waals surface area (Å²) >= 11 is 0.